The number of hydrogen-bond donors (Lipinski definition) is 1. The van der Waals surface area contributed by atoms with E-state index in [0.29, 0.717) is 11.6 Å². The number of carbonyl (C=O) groups excluding carboxylic acids is 1. The van der Waals surface area contributed by atoms with E-state index in [-0.39, 0.29) is 5.91 Å². The van der Waals surface area contributed by atoms with Crippen molar-refractivity contribution < 1.29 is 4.79 Å². The van der Waals surface area contributed by atoms with Gasteiger partial charge in [0.25, 0.3) is 5.91 Å². The van der Waals surface area contributed by atoms with Crippen LogP contribution in [0.5, 0.6) is 0 Å². The average molecular weight is 243 g/mol. The van der Waals surface area contributed by atoms with Crippen LogP contribution in [0.1, 0.15) is 35.8 Å². The Morgan fingerprint density at radius 2 is 1.94 bits per heavy atom. The lowest BCUT2D eigenvalue weighted by Crippen LogP contribution is -2.15. The third-order valence-corrected chi connectivity index (χ3v) is 2.88. The Morgan fingerprint density at radius 3 is 2.44 bits per heavy atom. The number of hydrogen-bond acceptors (Lipinski definition) is 2. The molecule has 94 valence electrons. The van der Waals surface area contributed by atoms with Crippen LogP contribution in [-0.4, -0.2) is 15.5 Å². The molecule has 1 heterocycles. The van der Waals surface area contributed by atoms with Crippen molar-refractivity contribution in [3.63, 3.8) is 0 Å². The number of aromatic nitrogens is 2. The van der Waals surface area contributed by atoms with Gasteiger partial charge in [0, 0.05) is 12.7 Å². The molecule has 0 saturated heterocycles. The summed E-state index contributed by atoms with van der Waals surface area (Å²) in [5.41, 5.74) is 2.60. The van der Waals surface area contributed by atoms with Crippen LogP contribution in [-0.2, 0) is 7.05 Å². The van der Waals surface area contributed by atoms with Gasteiger partial charge in [-0.05, 0) is 23.6 Å². The number of imidazole rings is 1. The van der Waals surface area contributed by atoms with E-state index in [1.807, 2.05) is 24.3 Å². The van der Waals surface area contributed by atoms with Crippen LogP contribution in [0.2, 0.25) is 0 Å². The third kappa shape index (κ3) is 2.59. The molecule has 0 saturated carbocycles. The molecule has 4 nitrogen and oxygen atoms in total. The molecule has 18 heavy (non-hydrogen) atoms. The molecular weight excluding hydrogens is 226 g/mol. The molecule has 1 amide bonds. The molecule has 0 spiro atoms. The molecule has 0 fully saturated rings. The highest BCUT2D eigenvalue weighted by molar-refractivity contribution is 6.02. The predicted octanol–water partition coefficient (Wildman–Crippen LogP) is 2.80. The maximum atomic E-state index is 11.9. The van der Waals surface area contributed by atoms with E-state index >= 15 is 0 Å². The zero-order chi connectivity index (χ0) is 13.1. The molecule has 0 atom stereocenters. The average Bonchev–Trinajstić information content (AvgIpc) is 2.76. The lowest BCUT2D eigenvalue weighted by atomic mass is 10.0. The first-order valence-electron chi connectivity index (χ1n) is 5.95. The van der Waals surface area contributed by atoms with E-state index < -0.39 is 0 Å². The minimum Gasteiger partial charge on any atom is -0.330 e. The Morgan fingerprint density at radius 1 is 1.28 bits per heavy atom. The molecule has 0 aliphatic rings. The summed E-state index contributed by atoms with van der Waals surface area (Å²) in [6.07, 6.45) is 3.16. The number of nitrogens with one attached hydrogen (secondary N) is 1. The summed E-state index contributed by atoms with van der Waals surface area (Å²) in [5.74, 6) is 0.346. The first kappa shape index (κ1) is 12.4. The standard InChI is InChI=1S/C14H17N3O/c1-10(2)11-4-6-12(7-5-11)16-14(18)13-8-15-9-17(13)3/h4-10H,1-3H3,(H,16,18). The monoisotopic (exact) mass is 243 g/mol. The maximum Gasteiger partial charge on any atom is 0.273 e. The van der Waals surface area contributed by atoms with E-state index in [4.69, 9.17) is 0 Å². The number of rotatable bonds is 3. The summed E-state index contributed by atoms with van der Waals surface area (Å²) in [6.45, 7) is 4.28. The molecule has 4 heteroatoms. The van der Waals surface area contributed by atoms with Gasteiger partial charge in [-0.1, -0.05) is 26.0 Å². The fourth-order valence-electron chi connectivity index (χ4n) is 1.72. The van der Waals surface area contributed by atoms with E-state index in [1.165, 1.54) is 5.56 Å². The van der Waals surface area contributed by atoms with Crippen molar-refractivity contribution in [1.82, 2.24) is 9.55 Å². The topological polar surface area (TPSA) is 46.9 Å². The Bertz CT molecular complexity index is 540. The second-order valence-corrected chi connectivity index (χ2v) is 4.62. The molecule has 0 aliphatic carbocycles. The third-order valence-electron chi connectivity index (χ3n) is 2.88. The van der Waals surface area contributed by atoms with Crippen LogP contribution in [0.15, 0.2) is 36.8 Å². The summed E-state index contributed by atoms with van der Waals surface area (Å²) < 4.78 is 1.69. The van der Waals surface area contributed by atoms with Gasteiger partial charge in [-0.3, -0.25) is 4.79 Å². The molecule has 0 unspecified atom stereocenters. The van der Waals surface area contributed by atoms with Gasteiger partial charge in [-0.2, -0.15) is 0 Å². The van der Waals surface area contributed by atoms with E-state index in [1.54, 1.807) is 24.1 Å². The van der Waals surface area contributed by atoms with Gasteiger partial charge < -0.3 is 9.88 Å². The molecule has 0 bridgehead atoms. The van der Waals surface area contributed by atoms with Crippen molar-refractivity contribution in [1.29, 1.82) is 0 Å². The van der Waals surface area contributed by atoms with E-state index in [0.717, 1.165) is 5.69 Å². The molecule has 1 aromatic carbocycles. The van der Waals surface area contributed by atoms with E-state index in [2.05, 4.69) is 24.1 Å². The smallest absolute Gasteiger partial charge is 0.273 e. The summed E-state index contributed by atoms with van der Waals surface area (Å²) in [7, 11) is 1.80. The van der Waals surface area contributed by atoms with Crippen molar-refractivity contribution in [3.05, 3.63) is 48.0 Å². The van der Waals surface area contributed by atoms with Crippen molar-refractivity contribution in [2.45, 2.75) is 19.8 Å². The lowest BCUT2D eigenvalue weighted by Gasteiger charge is -2.08. The number of amides is 1. The zero-order valence-electron chi connectivity index (χ0n) is 10.8. The maximum absolute atomic E-state index is 11.9. The fraction of sp³-hybridized carbons (Fsp3) is 0.286. The lowest BCUT2D eigenvalue weighted by molar-refractivity contribution is 0.101. The van der Waals surface area contributed by atoms with Crippen LogP contribution >= 0.6 is 0 Å². The van der Waals surface area contributed by atoms with Gasteiger partial charge in [-0.25, -0.2) is 4.98 Å². The number of carbonyl (C=O) groups is 1. The Hall–Kier alpha value is -2.10. The summed E-state index contributed by atoms with van der Waals surface area (Å²) in [5, 5.41) is 2.85. The van der Waals surface area contributed by atoms with Crippen LogP contribution in [0, 0.1) is 0 Å². The van der Waals surface area contributed by atoms with Crippen LogP contribution in [0.4, 0.5) is 5.69 Å². The van der Waals surface area contributed by atoms with Crippen LogP contribution in [0.3, 0.4) is 0 Å². The largest absolute Gasteiger partial charge is 0.330 e. The quantitative estimate of drug-likeness (QED) is 0.901. The number of nitrogens with zero attached hydrogens (tertiary/aromatic N) is 2. The first-order chi connectivity index (χ1) is 8.58. The van der Waals surface area contributed by atoms with Gasteiger partial charge in [-0.15, -0.1) is 0 Å². The van der Waals surface area contributed by atoms with Crippen molar-refractivity contribution in [2.24, 2.45) is 7.05 Å². The summed E-state index contributed by atoms with van der Waals surface area (Å²) >= 11 is 0. The SMILES string of the molecule is CC(C)c1ccc(NC(=O)c2cncn2C)cc1. The molecule has 1 N–H and O–H groups in total. The number of benzene rings is 1. The summed E-state index contributed by atoms with van der Waals surface area (Å²) in [6, 6.07) is 7.90. The minimum absolute atomic E-state index is 0.146. The predicted molar refractivity (Wildman–Crippen MR) is 71.7 cm³/mol. The number of anilines is 1. The highest BCUT2D eigenvalue weighted by Crippen LogP contribution is 2.17. The molecule has 0 radical (unpaired) electrons. The van der Waals surface area contributed by atoms with Crippen molar-refractivity contribution >= 4 is 11.6 Å². The fourth-order valence-corrected chi connectivity index (χ4v) is 1.72. The molecular formula is C14H17N3O. The minimum atomic E-state index is -0.146. The van der Waals surface area contributed by atoms with Crippen LogP contribution in [0.25, 0.3) is 0 Å². The molecule has 1 aromatic heterocycles. The van der Waals surface area contributed by atoms with Gasteiger partial charge in [0.1, 0.15) is 5.69 Å². The second-order valence-electron chi connectivity index (χ2n) is 4.62. The van der Waals surface area contributed by atoms with Crippen molar-refractivity contribution in [2.75, 3.05) is 5.32 Å². The highest BCUT2D eigenvalue weighted by Gasteiger charge is 2.09. The molecule has 2 aromatic rings. The van der Waals surface area contributed by atoms with Gasteiger partial charge in [0.15, 0.2) is 0 Å². The van der Waals surface area contributed by atoms with Crippen molar-refractivity contribution in [3.8, 4) is 0 Å². The summed E-state index contributed by atoms with van der Waals surface area (Å²) in [4.78, 5) is 15.9. The zero-order valence-corrected chi connectivity index (χ0v) is 10.8. The Kier molecular flexibility index (Phi) is 3.46. The van der Waals surface area contributed by atoms with Gasteiger partial charge in [0.2, 0.25) is 0 Å². The normalized spacial score (nSPS) is 10.7. The Balaban J connectivity index is 2.10. The highest BCUT2D eigenvalue weighted by atomic mass is 16.1. The number of aryl methyl sites for hydroxylation is 1. The van der Waals surface area contributed by atoms with Crippen LogP contribution < -0.4 is 5.32 Å². The Labute approximate surface area is 107 Å². The second kappa shape index (κ2) is 5.04. The first-order valence-corrected chi connectivity index (χ1v) is 5.95. The molecule has 2 rings (SSSR count). The van der Waals surface area contributed by atoms with Gasteiger partial charge >= 0.3 is 0 Å². The van der Waals surface area contributed by atoms with Gasteiger partial charge in [0.05, 0.1) is 12.5 Å². The molecule has 0 aliphatic heterocycles. The van der Waals surface area contributed by atoms with E-state index in [9.17, 15) is 4.79 Å².